The van der Waals surface area contributed by atoms with Crippen LogP contribution in [0.4, 0.5) is 9.18 Å². The first-order valence-electron chi connectivity index (χ1n) is 12.4. The molecule has 0 aliphatic rings. The molecule has 3 rings (SSSR count). The number of rotatable bonds is 11. The number of carbonyl (C=O) groups excluding carboxylic acids is 1. The predicted molar refractivity (Wildman–Crippen MR) is 145 cm³/mol. The molecule has 11 heteroatoms. The minimum Gasteiger partial charge on any atom is -0.480 e. The molecule has 2 aromatic heterocycles. The van der Waals surface area contributed by atoms with Gasteiger partial charge >= 0.3 is 12.1 Å². The van der Waals surface area contributed by atoms with Crippen LogP contribution in [0.3, 0.4) is 0 Å². The second-order valence-corrected chi connectivity index (χ2v) is 16.9. The molecular weight excluding hydrogens is 509 g/mol. The highest BCUT2D eigenvalue weighted by molar-refractivity contribution is 6.76. The van der Waals surface area contributed by atoms with Crippen molar-refractivity contribution in [3.8, 4) is 11.5 Å². The molecule has 0 saturated carbocycles. The molecule has 38 heavy (non-hydrogen) atoms. The summed E-state index contributed by atoms with van der Waals surface area (Å²) in [7, 11) is -1.18. The maximum absolute atomic E-state index is 15.0. The molecule has 0 aliphatic carbocycles. The number of nitrogens with zero attached hydrogens (tertiary/aromatic N) is 2. The average molecular weight is 546 g/mol. The maximum atomic E-state index is 15.0. The highest BCUT2D eigenvalue weighted by Crippen LogP contribution is 2.31. The lowest BCUT2D eigenvalue weighted by Gasteiger charge is -2.22. The lowest BCUT2D eigenvalue weighted by Crippen LogP contribution is -2.44. The molecule has 2 heterocycles. The second-order valence-electron chi connectivity index (χ2n) is 11.3. The van der Waals surface area contributed by atoms with E-state index < -0.39 is 37.6 Å². The molecule has 1 amide bonds. The Morgan fingerprint density at radius 2 is 1.89 bits per heavy atom. The van der Waals surface area contributed by atoms with Gasteiger partial charge in [-0.2, -0.15) is 0 Å². The SMILES string of the molecule is CC(C)(C)OC(=O)NC(Cc1ccc(Oc2ccnc3c2ccn3COCC[Si](C)(C)C)c(F)c1)C(=O)O. The van der Waals surface area contributed by atoms with Gasteiger partial charge in [-0.25, -0.2) is 19.0 Å². The van der Waals surface area contributed by atoms with Crippen molar-refractivity contribution in [1.29, 1.82) is 0 Å². The summed E-state index contributed by atoms with van der Waals surface area (Å²) in [6.07, 6.45) is 2.44. The van der Waals surface area contributed by atoms with Gasteiger partial charge in [0.1, 0.15) is 29.8 Å². The number of alkyl carbamates (subject to hydrolysis) is 1. The van der Waals surface area contributed by atoms with Crippen molar-refractivity contribution in [2.75, 3.05) is 6.61 Å². The molecule has 0 radical (unpaired) electrons. The monoisotopic (exact) mass is 545 g/mol. The van der Waals surface area contributed by atoms with Crippen molar-refractivity contribution in [3.63, 3.8) is 0 Å². The van der Waals surface area contributed by atoms with E-state index in [-0.39, 0.29) is 12.2 Å². The van der Waals surface area contributed by atoms with E-state index >= 15 is 0 Å². The van der Waals surface area contributed by atoms with Crippen LogP contribution in [0.15, 0.2) is 42.7 Å². The Kier molecular flexibility index (Phi) is 9.16. The van der Waals surface area contributed by atoms with Gasteiger partial charge in [0.25, 0.3) is 0 Å². The number of hydrogen-bond donors (Lipinski definition) is 2. The number of carbonyl (C=O) groups is 2. The number of aliphatic carboxylic acids is 1. The Bertz CT molecular complexity index is 1280. The van der Waals surface area contributed by atoms with Crippen molar-refractivity contribution < 1.29 is 33.3 Å². The van der Waals surface area contributed by atoms with E-state index in [1.165, 1.54) is 12.1 Å². The van der Waals surface area contributed by atoms with E-state index in [9.17, 15) is 19.1 Å². The minimum atomic E-state index is -1.29. The number of ether oxygens (including phenoxy) is 3. The van der Waals surface area contributed by atoms with Crippen LogP contribution in [0.1, 0.15) is 26.3 Å². The molecule has 0 aliphatic heterocycles. The van der Waals surface area contributed by atoms with Gasteiger partial charge in [-0.05, 0) is 56.6 Å². The number of benzene rings is 1. The first kappa shape index (κ1) is 29.1. The zero-order valence-electron chi connectivity index (χ0n) is 22.7. The molecule has 1 aromatic carbocycles. The van der Waals surface area contributed by atoms with E-state index in [4.69, 9.17) is 14.2 Å². The number of aromatic nitrogens is 2. The summed E-state index contributed by atoms with van der Waals surface area (Å²) in [5.74, 6) is -1.52. The third-order valence-electron chi connectivity index (χ3n) is 5.49. The lowest BCUT2D eigenvalue weighted by atomic mass is 10.1. The maximum Gasteiger partial charge on any atom is 0.408 e. The van der Waals surface area contributed by atoms with Crippen LogP contribution in [0.5, 0.6) is 11.5 Å². The minimum absolute atomic E-state index is 0.0210. The third-order valence-corrected chi connectivity index (χ3v) is 7.20. The van der Waals surface area contributed by atoms with Crippen molar-refractivity contribution >= 4 is 31.2 Å². The zero-order valence-corrected chi connectivity index (χ0v) is 23.7. The highest BCUT2D eigenvalue weighted by atomic mass is 28.3. The van der Waals surface area contributed by atoms with Crippen molar-refractivity contribution in [1.82, 2.24) is 14.9 Å². The van der Waals surface area contributed by atoms with Crippen LogP contribution >= 0.6 is 0 Å². The fourth-order valence-electron chi connectivity index (χ4n) is 3.56. The molecule has 2 N–H and O–H groups in total. The number of pyridine rings is 1. The van der Waals surface area contributed by atoms with Gasteiger partial charge in [-0.3, -0.25) is 0 Å². The van der Waals surface area contributed by atoms with E-state index in [1.807, 2.05) is 16.8 Å². The number of halogens is 1. The van der Waals surface area contributed by atoms with Crippen LogP contribution in [-0.4, -0.2) is 53.0 Å². The number of carboxylic acid groups (broad SMARTS) is 1. The summed E-state index contributed by atoms with van der Waals surface area (Å²) in [6.45, 7) is 12.9. The Morgan fingerprint density at radius 1 is 1.16 bits per heavy atom. The number of carboxylic acids is 1. The van der Waals surface area contributed by atoms with E-state index in [0.29, 0.717) is 35.7 Å². The molecule has 0 fully saturated rings. The lowest BCUT2D eigenvalue weighted by molar-refractivity contribution is -0.139. The van der Waals surface area contributed by atoms with Gasteiger partial charge in [0.15, 0.2) is 11.6 Å². The van der Waals surface area contributed by atoms with E-state index in [0.717, 1.165) is 6.04 Å². The Labute approximate surface area is 222 Å². The summed E-state index contributed by atoms with van der Waals surface area (Å²) >= 11 is 0. The van der Waals surface area contributed by atoms with Gasteiger partial charge in [0.05, 0.1) is 5.39 Å². The normalized spacial score (nSPS) is 12.8. The number of nitrogens with one attached hydrogen (secondary N) is 1. The first-order chi connectivity index (χ1) is 17.7. The average Bonchev–Trinajstić information content (AvgIpc) is 3.20. The van der Waals surface area contributed by atoms with Gasteiger partial charge in [0.2, 0.25) is 0 Å². The van der Waals surface area contributed by atoms with Gasteiger partial charge < -0.3 is 29.2 Å². The van der Waals surface area contributed by atoms with Crippen LogP contribution in [0, 0.1) is 5.82 Å². The Hall–Kier alpha value is -3.44. The highest BCUT2D eigenvalue weighted by Gasteiger charge is 2.25. The largest absolute Gasteiger partial charge is 0.480 e. The molecular formula is C27H36FN3O6Si. The van der Waals surface area contributed by atoms with Gasteiger partial charge in [0, 0.05) is 33.5 Å². The first-order valence-corrected chi connectivity index (χ1v) is 16.1. The summed E-state index contributed by atoms with van der Waals surface area (Å²) in [4.78, 5) is 28.1. The van der Waals surface area contributed by atoms with Gasteiger partial charge in [-0.1, -0.05) is 25.7 Å². The zero-order chi connectivity index (χ0) is 28.1. The molecule has 9 nitrogen and oxygen atoms in total. The molecule has 0 saturated heterocycles. The standard InChI is InChI=1S/C27H36FN3O6Si/c1-27(2,3)37-26(34)30-21(25(32)33)16-18-7-8-23(20(28)15-18)36-22-9-11-29-24-19(22)10-12-31(24)17-35-13-14-38(4,5)6/h7-12,15,21H,13-14,16-17H2,1-6H3,(H,30,34)(H,32,33). The number of fused-ring (bicyclic) bond motifs is 1. The van der Waals surface area contributed by atoms with Crippen LogP contribution < -0.4 is 10.1 Å². The summed E-state index contributed by atoms with van der Waals surface area (Å²) < 4.78 is 33.6. The van der Waals surface area contributed by atoms with E-state index in [2.05, 4.69) is 29.9 Å². The molecule has 3 aromatic rings. The third kappa shape index (κ3) is 8.56. The molecule has 1 unspecified atom stereocenters. The molecule has 206 valence electrons. The summed E-state index contributed by atoms with van der Waals surface area (Å²) in [5, 5.41) is 12.5. The topological polar surface area (TPSA) is 112 Å². The van der Waals surface area contributed by atoms with Crippen LogP contribution in [0.25, 0.3) is 11.0 Å². The van der Waals surface area contributed by atoms with Crippen LogP contribution in [-0.2, 0) is 27.4 Å². The smallest absolute Gasteiger partial charge is 0.408 e. The number of amides is 1. The predicted octanol–water partition coefficient (Wildman–Crippen LogP) is 5.80. The molecule has 0 spiro atoms. The van der Waals surface area contributed by atoms with Crippen molar-refractivity contribution in [2.45, 2.75) is 71.3 Å². The molecule has 0 bridgehead atoms. The van der Waals surface area contributed by atoms with Crippen LogP contribution in [0.2, 0.25) is 25.7 Å². The Balaban J connectivity index is 1.69. The quantitative estimate of drug-likeness (QED) is 0.231. The molecule has 1 atom stereocenters. The van der Waals surface area contributed by atoms with Crippen molar-refractivity contribution in [3.05, 3.63) is 54.1 Å². The summed E-state index contributed by atoms with van der Waals surface area (Å²) in [6, 6.07) is 7.44. The fourth-order valence-corrected chi connectivity index (χ4v) is 4.32. The number of hydrogen-bond acceptors (Lipinski definition) is 6. The van der Waals surface area contributed by atoms with Gasteiger partial charge in [-0.15, -0.1) is 0 Å². The van der Waals surface area contributed by atoms with Crippen molar-refractivity contribution in [2.24, 2.45) is 0 Å². The summed E-state index contributed by atoms with van der Waals surface area (Å²) in [5.41, 5.74) is 0.253. The fraction of sp³-hybridized carbons (Fsp3) is 0.444. The van der Waals surface area contributed by atoms with E-state index in [1.54, 1.807) is 39.1 Å². The second kappa shape index (κ2) is 12.0. The Morgan fingerprint density at radius 3 is 2.53 bits per heavy atom.